The molecule has 2 saturated carbocycles. The van der Waals surface area contributed by atoms with Crippen molar-refractivity contribution in [2.75, 3.05) is 13.2 Å². The van der Waals surface area contributed by atoms with Crippen LogP contribution in [0.25, 0.3) is 0 Å². The van der Waals surface area contributed by atoms with E-state index in [2.05, 4.69) is 17.5 Å². The van der Waals surface area contributed by atoms with Crippen molar-refractivity contribution in [3.05, 3.63) is 12.2 Å². The first-order valence-electron chi connectivity index (χ1n) is 7.39. The molecule has 2 nitrogen and oxygen atoms in total. The lowest BCUT2D eigenvalue weighted by molar-refractivity contribution is 0.110. The van der Waals surface area contributed by atoms with Crippen molar-refractivity contribution in [1.29, 1.82) is 0 Å². The highest BCUT2D eigenvalue weighted by atomic mass is 16.3. The molecule has 0 radical (unpaired) electrons. The second-order valence-corrected chi connectivity index (χ2v) is 6.24. The second-order valence-electron chi connectivity index (χ2n) is 6.24. The molecule has 2 fully saturated rings. The number of hydrogen-bond acceptors (Lipinski definition) is 2. The van der Waals surface area contributed by atoms with Crippen molar-refractivity contribution in [2.45, 2.75) is 44.6 Å². The lowest BCUT2D eigenvalue weighted by Gasteiger charge is -2.42. The summed E-state index contributed by atoms with van der Waals surface area (Å²) in [4.78, 5) is 0. The van der Waals surface area contributed by atoms with Gasteiger partial charge in [-0.3, -0.25) is 0 Å². The summed E-state index contributed by atoms with van der Waals surface area (Å²) in [6.07, 6.45) is 12.7. The SMILES string of the molecule is OCC1CCCCC1CNC1CC2CC=CC21. The Hall–Kier alpha value is -0.340. The Kier molecular flexibility index (Phi) is 3.53. The number of allylic oxidation sites excluding steroid dienone is 1. The van der Waals surface area contributed by atoms with Crippen LogP contribution in [-0.2, 0) is 0 Å². The lowest BCUT2D eigenvalue weighted by atomic mass is 9.71. The van der Waals surface area contributed by atoms with E-state index in [1.807, 2.05) is 0 Å². The van der Waals surface area contributed by atoms with E-state index in [0.29, 0.717) is 12.5 Å². The molecule has 2 heteroatoms. The molecule has 5 unspecified atom stereocenters. The van der Waals surface area contributed by atoms with Crippen molar-refractivity contribution in [3.8, 4) is 0 Å². The molecule has 0 aromatic rings. The Morgan fingerprint density at radius 3 is 2.76 bits per heavy atom. The smallest absolute Gasteiger partial charge is 0.0462 e. The van der Waals surface area contributed by atoms with Crippen LogP contribution in [0.3, 0.4) is 0 Å². The van der Waals surface area contributed by atoms with E-state index in [4.69, 9.17) is 0 Å². The molecule has 0 bridgehead atoms. The van der Waals surface area contributed by atoms with Gasteiger partial charge in [-0.15, -0.1) is 0 Å². The summed E-state index contributed by atoms with van der Waals surface area (Å²) in [5.74, 6) is 3.06. The molecule has 2 N–H and O–H groups in total. The van der Waals surface area contributed by atoms with E-state index in [-0.39, 0.29) is 0 Å². The van der Waals surface area contributed by atoms with Crippen molar-refractivity contribution in [2.24, 2.45) is 23.7 Å². The second kappa shape index (κ2) is 5.11. The zero-order valence-corrected chi connectivity index (χ0v) is 10.6. The summed E-state index contributed by atoms with van der Waals surface area (Å²) in [5.41, 5.74) is 0. The minimum Gasteiger partial charge on any atom is -0.396 e. The standard InChI is InChI=1S/C15H25NO/c17-10-13-5-2-1-4-12(13)9-16-15-8-11-6-3-7-14(11)15/h3,7,11-17H,1-2,4-6,8-10H2. The van der Waals surface area contributed by atoms with Crippen molar-refractivity contribution in [3.63, 3.8) is 0 Å². The van der Waals surface area contributed by atoms with E-state index in [1.165, 1.54) is 38.5 Å². The summed E-state index contributed by atoms with van der Waals surface area (Å²) in [5, 5.41) is 13.2. The predicted molar refractivity (Wildman–Crippen MR) is 69.7 cm³/mol. The number of rotatable bonds is 4. The van der Waals surface area contributed by atoms with Crippen LogP contribution in [0.5, 0.6) is 0 Å². The molecule has 3 aliphatic rings. The van der Waals surface area contributed by atoms with Gasteiger partial charge in [-0.05, 0) is 55.9 Å². The Morgan fingerprint density at radius 1 is 1.18 bits per heavy atom. The minimum atomic E-state index is 0.392. The third-order valence-corrected chi connectivity index (χ3v) is 5.31. The van der Waals surface area contributed by atoms with Gasteiger partial charge in [0.2, 0.25) is 0 Å². The molecule has 0 spiro atoms. The van der Waals surface area contributed by atoms with Crippen LogP contribution >= 0.6 is 0 Å². The van der Waals surface area contributed by atoms with Crippen LogP contribution in [0.4, 0.5) is 0 Å². The highest BCUT2D eigenvalue weighted by molar-refractivity contribution is 5.12. The van der Waals surface area contributed by atoms with Gasteiger partial charge in [0.1, 0.15) is 0 Å². The minimum absolute atomic E-state index is 0.392. The molecule has 5 atom stereocenters. The number of hydrogen-bond donors (Lipinski definition) is 2. The molecule has 0 aliphatic heterocycles. The maximum Gasteiger partial charge on any atom is 0.0462 e. The first kappa shape index (κ1) is 11.7. The monoisotopic (exact) mass is 235 g/mol. The molecular weight excluding hydrogens is 210 g/mol. The molecule has 0 heterocycles. The van der Waals surface area contributed by atoms with E-state index in [9.17, 15) is 5.11 Å². The van der Waals surface area contributed by atoms with E-state index in [1.54, 1.807) is 0 Å². The van der Waals surface area contributed by atoms with Gasteiger partial charge >= 0.3 is 0 Å². The van der Waals surface area contributed by atoms with Crippen LogP contribution in [0.2, 0.25) is 0 Å². The molecule has 17 heavy (non-hydrogen) atoms. The summed E-state index contributed by atoms with van der Waals surface area (Å²) < 4.78 is 0. The van der Waals surface area contributed by atoms with Crippen molar-refractivity contribution < 1.29 is 5.11 Å². The summed E-state index contributed by atoms with van der Waals surface area (Å²) in [6.45, 7) is 1.52. The molecule has 0 aromatic heterocycles. The largest absolute Gasteiger partial charge is 0.396 e. The lowest BCUT2D eigenvalue weighted by Crippen LogP contribution is -2.50. The van der Waals surface area contributed by atoms with Gasteiger partial charge in [0, 0.05) is 12.6 Å². The highest BCUT2D eigenvalue weighted by Crippen LogP contribution is 2.43. The Morgan fingerprint density at radius 2 is 2.00 bits per heavy atom. The van der Waals surface area contributed by atoms with Gasteiger partial charge in [0.05, 0.1) is 0 Å². The topological polar surface area (TPSA) is 32.3 Å². The molecule has 96 valence electrons. The van der Waals surface area contributed by atoms with Crippen molar-refractivity contribution >= 4 is 0 Å². The molecule has 3 rings (SSSR count). The highest BCUT2D eigenvalue weighted by Gasteiger charge is 2.41. The Labute approximate surface area is 104 Å². The van der Waals surface area contributed by atoms with Gasteiger partial charge in [-0.25, -0.2) is 0 Å². The zero-order valence-electron chi connectivity index (χ0n) is 10.6. The van der Waals surface area contributed by atoms with Crippen LogP contribution in [-0.4, -0.2) is 24.3 Å². The van der Waals surface area contributed by atoms with Crippen LogP contribution < -0.4 is 5.32 Å². The average Bonchev–Trinajstić information content (AvgIpc) is 2.72. The fourth-order valence-corrected chi connectivity index (χ4v) is 4.04. The van der Waals surface area contributed by atoms with E-state index >= 15 is 0 Å². The van der Waals surface area contributed by atoms with Gasteiger partial charge in [0.25, 0.3) is 0 Å². The molecule has 3 aliphatic carbocycles. The Bertz CT molecular complexity index is 289. The summed E-state index contributed by atoms with van der Waals surface area (Å²) in [7, 11) is 0. The normalized spacial score (nSPS) is 44.4. The van der Waals surface area contributed by atoms with Gasteiger partial charge in [0.15, 0.2) is 0 Å². The maximum absolute atomic E-state index is 9.41. The molecule has 0 amide bonds. The molecule has 0 saturated heterocycles. The number of aliphatic hydroxyl groups excluding tert-OH is 1. The van der Waals surface area contributed by atoms with Gasteiger partial charge in [-0.2, -0.15) is 0 Å². The Balaban J connectivity index is 1.45. The van der Waals surface area contributed by atoms with E-state index < -0.39 is 0 Å². The average molecular weight is 235 g/mol. The summed E-state index contributed by atoms with van der Waals surface area (Å²) >= 11 is 0. The predicted octanol–water partition coefficient (Wildman–Crippen LogP) is 2.34. The van der Waals surface area contributed by atoms with Gasteiger partial charge in [-0.1, -0.05) is 25.0 Å². The van der Waals surface area contributed by atoms with Crippen LogP contribution in [0, 0.1) is 23.7 Å². The summed E-state index contributed by atoms with van der Waals surface area (Å²) in [6, 6.07) is 0.736. The fourth-order valence-electron chi connectivity index (χ4n) is 4.04. The molecule has 0 aromatic carbocycles. The quantitative estimate of drug-likeness (QED) is 0.733. The third kappa shape index (κ3) is 2.30. The van der Waals surface area contributed by atoms with Gasteiger partial charge < -0.3 is 10.4 Å². The fraction of sp³-hybridized carbons (Fsp3) is 0.867. The number of fused-ring (bicyclic) bond motifs is 1. The van der Waals surface area contributed by atoms with Crippen molar-refractivity contribution in [1.82, 2.24) is 5.32 Å². The number of nitrogens with one attached hydrogen (secondary N) is 1. The van der Waals surface area contributed by atoms with E-state index in [0.717, 1.165) is 30.3 Å². The number of aliphatic hydroxyl groups is 1. The zero-order chi connectivity index (χ0) is 11.7. The first-order chi connectivity index (χ1) is 8.38. The van der Waals surface area contributed by atoms with Crippen LogP contribution in [0.1, 0.15) is 38.5 Å². The maximum atomic E-state index is 9.41. The van der Waals surface area contributed by atoms with Crippen LogP contribution in [0.15, 0.2) is 12.2 Å². The molecular formula is C15H25NO. The third-order valence-electron chi connectivity index (χ3n) is 5.31. The first-order valence-corrected chi connectivity index (χ1v) is 7.39.